The van der Waals surface area contributed by atoms with Crippen molar-refractivity contribution in [3.63, 3.8) is 0 Å². The second-order valence-electron chi connectivity index (χ2n) is 7.39. The van der Waals surface area contributed by atoms with Crippen LogP contribution in [0.3, 0.4) is 0 Å². The van der Waals surface area contributed by atoms with Gasteiger partial charge in [0.1, 0.15) is 5.75 Å². The van der Waals surface area contributed by atoms with Crippen LogP contribution in [-0.2, 0) is 4.79 Å². The van der Waals surface area contributed by atoms with E-state index in [1.807, 2.05) is 12.1 Å². The van der Waals surface area contributed by atoms with Gasteiger partial charge in [-0.1, -0.05) is 12.1 Å². The van der Waals surface area contributed by atoms with Gasteiger partial charge in [0.05, 0.1) is 7.11 Å². The topological polar surface area (TPSA) is 44.8 Å². The van der Waals surface area contributed by atoms with Crippen molar-refractivity contribution < 1.29 is 9.53 Å². The third-order valence-electron chi connectivity index (χ3n) is 5.72. The zero-order valence-electron chi connectivity index (χ0n) is 15.7. The van der Waals surface area contributed by atoms with E-state index < -0.39 is 0 Å². The predicted molar refractivity (Wildman–Crippen MR) is 99.8 cm³/mol. The van der Waals surface area contributed by atoms with Crippen molar-refractivity contribution in [1.29, 1.82) is 0 Å². The van der Waals surface area contributed by atoms with Crippen molar-refractivity contribution in [1.82, 2.24) is 15.1 Å². The molecule has 0 saturated carbocycles. The molecule has 1 aromatic carbocycles. The summed E-state index contributed by atoms with van der Waals surface area (Å²) < 4.78 is 5.34. The van der Waals surface area contributed by atoms with Gasteiger partial charge in [0.15, 0.2) is 0 Å². The van der Waals surface area contributed by atoms with Crippen molar-refractivity contribution in [2.24, 2.45) is 5.92 Å². The number of piperidine rings is 1. The van der Waals surface area contributed by atoms with E-state index >= 15 is 0 Å². The van der Waals surface area contributed by atoms with Gasteiger partial charge in [-0.15, -0.1) is 0 Å². The zero-order chi connectivity index (χ0) is 17.8. The minimum Gasteiger partial charge on any atom is -0.497 e. The molecule has 2 aliphatic heterocycles. The highest BCUT2D eigenvalue weighted by molar-refractivity contribution is 5.79. The number of hydrogen-bond acceptors (Lipinski definition) is 4. The highest BCUT2D eigenvalue weighted by Crippen LogP contribution is 2.26. The zero-order valence-corrected chi connectivity index (χ0v) is 15.7. The SMILES string of the molecule is COc1cccc(C(C)N2CCN(C(=O)[C@H]3CCN[C@@H](C)C3)CC2)c1. The first-order chi connectivity index (χ1) is 12.1. The lowest BCUT2D eigenvalue weighted by atomic mass is 9.91. The molecule has 0 bridgehead atoms. The van der Waals surface area contributed by atoms with Crippen LogP contribution >= 0.6 is 0 Å². The molecule has 0 aromatic heterocycles. The van der Waals surface area contributed by atoms with Crippen LogP contribution in [0.5, 0.6) is 5.75 Å². The van der Waals surface area contributed by atoms with Crippen LogP contribution in [0.2, 0.25) is 0 Å². The Kier molecular flexibility index (Phi) is 5.97. The molecule has 1 amide bonds. The number of benzene rings is 1. The first kappa shape index (κ1) is 18.2. The Balaban J connectivity index is 1.55. The maximum absolute atomic E-state index is 12.8. The number of nitrogens with zero attached hydrogens (tertiary/aromatic N) is 2. The average molecular weight is 345 g/mol. The quantitative estimate of drug-likeness (QED) is 0.909. The van der Waals surface area contributed by atoms with Gasteiger partial charge < -0.3 is 15.0 Å². The lowest BCUT2D eigenvalue weighted by Crippen LogP contribution is -2.52. The summed E-state index contributed by atoms with van der Waals surface area (Å²) in [7, 11) is 1.70. The summed E-state index contributed by atoms with van der Waals surface area (Å²) in [4.78, 5) is 17.3. The minimum absolute atomic E-state index is 0.207. The molecule has 2 fully saturated rings. The number of methoxy groups -OCH3 is 1. The van der Waals surface area contributed by atoms with Crippen LogP contribution in [0.15, 0.2) is 24.3 Å². The summed E-state index contributed by atoms with van der Waals surface area (Å²) in [5.41, 5.74) is 1.27. The van der Waals surface area contributed by atoms with Crippen LogP contribution in [0.25, 0.3) is 0 Å². The maximum Gasteiger partial charge on any atom is 0.225 e. The van der Waals surface area contributed by atoms with Gasteiger partial charge in [0.2, 0.25) is 5.91 Å². The van der Waals surface area contributed by atoms with Crippen molar-refractivity contribution in [2.75, 3.05) is 39.8 Å². The molecule has 138 valence electrons. The van der Waals surface area contributed by atoms with E-state index in [0.29, 0.717) is 18.0 Å². The van der Waals surface area contributed by atoms with Gasteiger partial charge in [-0.3, -0.25) is 9.69 Å². The number of ether oxygens (including phenoxy) is 1. The normalized spacial score (nSPS) is 26.3. The first-order valence-electron chi connectivity index (χ1n) is 9.48. The van der Waals surface area contributed by atoms with Crippen molar-refractivity contribution in [2.45, 2.75) is 38.8 Å². The molecule has 0 aliphatic carbocycles. The van der Waals surface area contributed by atoms with E-state index in [0.717, 1.165) is 51.3 Å². The number of piperazine rings is 1. The smallest absolute Gasteiger partial charge is 0.225 e. The summed E-state index contributed by atoms with van der Waals surface area (Å²) in [6.45, 7) is 8.92. The number of nitrogens with one attached hydrogen (secondary N) is 1. The van der Waals surface area contributed by atoms with Crippen molar-refractivity contribution in [3.05, 3.63) is 29.8 Å². The van der Waals surface area contributed by atoms with E-state index in [1.165, 1.54) is 5.56 Å². The fraction of sp³-hybridized carbons (Fsp3) is 0.650. The molecule has 2 heterocycles. The van der Waals surface area contributed by atoms with Crippen LogP contribution in [0.4, 0.5) is 0 Å². The molecule has 3 atom stereocenters. The van der Waals surface area contributed by atoms with E-state index in [2.05, 4.69) is 41.1 Å². The van der Waals surface area contributed by atoms with E-state index in [4.69, 9.17) is 4.74 Å². The van der Waals surface area contributed by atoms with Gasteiger partial charge in [0.25, 0.3) is 0 Å². The molecular weight excluding hydrogens is 314 g/mol. The van der Waals surface area contributed by atoms with Crippen LogP contribution in [0.1, 0.15) is 38.3 Å². The number of carbonyl (C=O) groups is 1. The number of rotatable bonds is 4. The first-order valence-corrected chi connectivity index (χ1v) is 9.48. The fourth-order valence-corrected chi connectivity index (χ4v) is 4.06. The second-order valence-corrected chi connectivity index (χ2v) is 7.39. The molecule has 0 spiro atoms. The Morgan fingerprint density at radius 1 is 1.28 bits per heavy atom. The van der Waals surface area contributed by atoms with Gasteiger partial charge >= 0.3 is 0 Å². The Labute approximate surface area is 151 Å². The van der Waals surface area contributed by atoms with Crippen molar-refractivity contribution >= 4 is 5.91 Å². The number of amides is 1. The van der Waals surface area contributed by atoms with E-state index in [1.54, 1.807) is 7.11 Å². The Morgan fingerprint density at radius 3 is 2.72 bits per heavy atom. The Morgan fingerprint density at radius 2 is 2.04 bits per heavy atom. The molecule has 5 heteroatoms. The van der Waals surface area contributed by atoms with Gasteiger partial charge in [-0.2, -0.15) is 0 Å². The Hall–Kier alpha value is -1.59. The lowest BCUT2D eigenvalue weighted by molar-refractivity contribution is -0.138. The molecule has 25 heavy (non-hydrogen) atoms. The number of carbonyl (C=O) groups excluding carboxylic acids is 1. The van der Waals surface area contributed by atoms with Crippen molar-refractivity contribution in [3.8, 4) is 5.75 Å². The molecular formula is C20H31N3O2. The molecule has 3 rings (SSSR count). The largest absolute Gasteiger partial charge is 0.497 e. The third kappa shape index (κ3) is 4.33. The summed E-state index contributed by atoms with van der Waals surface area (Å²) in [5, 5.41) is 3.43. The summed E-state index contributed by atoms with van der Waals surface area (Å²) in [6, 6.07) is 9.08. The fourth-order valence-electron chi connectivity index (χ4n) is 4.06. The molecule has 1 unspecified atom stereocenters. The van der Waals surface area contributed by atoms with Crippen LogP contribution in [0, 0.1) is 5.92 Å². The summed E-state index contributed by atoms with van der Waals surface area (Å²) >= 11 is 0. The lowest BCUT2D eigenvalue weighted by Gasteiger charge is -2.40. The standard InChI is InChI=1S/C20H31N3O2/c1-15-13-18(7-8-21-15)20(24)23-11-9-22(10-12-23)16(2)17-5-4-6-19(14-17)25-3/h4-6,14-16,18,21H,7-13H2,1-3H3/t15-,16?,18-/m0/s1. The molecule has 2 saturated heterocycles. The average Bonchev–Trinajstić information content (AvgIpc) is 2.67. The van der Waals surface area contributed by atoms with E-state index in [9.17, 15) is 4.79 Å². The summed E-state index contributed by atoms with van der Waals surface area (Å²) in [6.07, 6.45) is 1.95. The minimum atomic E-state index is 0.207. The van der Waals surface area contributed by atoms with Gasteiger partial charge in [-0.25, -0.2) is 0 Å². The maximum atomic E-state index is 12.8. The third-order valence-corrected chi connectivity index (χ3v) is 5.72. The summed E-state index contributed by atoms with van der Waals surface area (Å²) in [5.74, 6) is 1.47. The predicted octanol–water partition coefficient (Wildman–Crippen LogP) is 2.29. The second kappa shape index (κ2) is 8.19. The monoisotopic (exact) mass is 345 g/mol. The molecule has 5 nitrogen and oxygen atoms in total. The molecule has 2 aliphatic rings. The molecule has 0 radical (unpaired) electrons. The van der Waals surface area contributed by atoms with E-state index in [-0.39, 0.29) is 5.92 Å². The van der Waals surface area contributed by atoms with Gasteiger partial charge in [0, 0.05) is 44.2 Å². The molecule has 1 aromatic rings. The Bertz CT molecular complexity index is 584. The number of hydrogen-bond donors (Lipinski definition) is 1. The highest BCUT2D eigenvalue weighted by atomic mass is 16.5. The highest BCUT2D eigenvalue weighted by Gasteiger charge is 2.31. The van der Waals surface area contributed by atoms with Crippen LogP contribution < -0.4 is 10.1 Å². The molecule has 1 N–H and O–H groups in total. The van der Waals surface area contributed by atoms with Gasteiger partial charge in [-0.05, 0) is 50.9 Å². The van der Waals surface area contributed by atoms with Crippen LogP contribution in [-0.4, -0.2) is 61.6 Å².